The summed E-state index contributed by atoms with van der Waals surface area (Å²) in [6.45, 7) is 6.84. The van der Waals surface area contributed by atoms with Gasteiger partial charge in [0, 0.05) is 31.7 Å². The number of nitrogens with zero attached hydrogens (tertiary/aromatic N) is 4. The maximum atomic E-state index is 13.2. The minimum absolute atomic E-state index is 0.109. The summed E-state index contributed by atoms with van der Waals surface area (Å²) in [5.74, 6) is 0.266. The van der Waals surface area contributed by atoms with Crippen molar-refractivity contribution in [2.75, 3.05) is 39.4 Å². The van der Waals surface area contributed by atoms with E-state index in [1.165, 1.54) is 0 Å². The van der Waals surface area contributed by atoms with Crippen LogP contribution in [0.15, 0.2) is 27.6 Å². The molecule has 2 saturated heterocycles. The predicted octanol–water partition coefficient (Wildman–Crippen LogP) is 1.94. The number of aromatic nitrogens is 2. The van der Waals surface area contributed by atoms with Crippen molar-refractivity contribution in [3.8, 4) is 11.4 Å². The molecule has 2 fully saturated rings. The summed E-state index contributed by atoms with van der Waals surface area (Å²) >= 11 is 0. The highest BCUT2D eigenvalue weighted by Gasteiger charge is 2.30. The maximum Gasteiger partial charge on any atom is 0.316 e. The van der Waals surface area contributed by atoms with Gasteiger partial charge in [0.15, 0.2) is 0 Å². The van der Waals surface area contributed by atoms with Gasteiger partial charge in [0.25, 0.3) is 0 Å². The first-order valence-electron chi connectivity index (χ1n) is 10.2. The Hall–Kier alpha value is -2.30. The first-order chi connectivity index (χ1) is 14.4. The standard InChI is InChI=1S/C20H26N4O5S/c1-14-5-7-24(8-6-14)30(26,27)17-13-16(4-3-15(17)2)18-21-19(29-22-18)20(25)23-9-11-28-12-10-23/h3-4,13-14H,5-12H2,1-2H3. The third-order valence-corrected chi connectivity index (χ3v) is 7.75. The molecule has 2 aliphatic heterocycles. The molecule has 9 nitrogen and oxygen atoms in total. The van der Waals surface area contributed by atoms with Crippen molar-refractivity contribution in [3.05, 3.63) is 29.7 Å². The topological polar surface area (TPSA) is 106 Å². The fourth-order valence-electron chi connectivity index (χ4n) is 3.71. The Kier molecular flexibility index (Phi) is 5.90. The van der Waals surface area contributed by atoms with Crippen LogP contribution in [0.2, 0.25) is 0 Å². The number of rotatable bonds is 4. The number of carbonyl (C=O) groups is 1. The molecule has 2 aliphatic rings. The molecule has 0 aliphatic carbocycles. The third kappa shape index (κ3) is 4.12. The highest BCUT2D eigenvalue weighted by atomic mass is 32.2. The monoisotopic (exact) mass is 434 g/mol. The van der Waals surface area contributed by atoms with E-state index in [4.69, 9.17) is 9.26 Å². The highest BCUT2D eigenvalue weighted by Crippen LogP contribution is 2.28. The van der Waals surface area contributed by atoms with Crippen LogP contribution in [0.3, 0.4) is 0 Å². The summed E-state index contributed by atoms with van der Waals surface area (Å²) in [5.41, 5.74) is 1.15. The van der Waals surface area contributed by atoms with E-state index in [0.717, 1.165) is 12.8 Å². The largest absolute Gasteiger partial charge is 0.378 e. The van der Waals surface area contributed by atoms with E-state index in [0.29, 0.717) is 56.4 Å². The quantitative estimate of drug-likeness (QED) is 0.724. The third-order valence-electron chi connectivity index (χ3n) is 5.71. The van der Waals surface area contributed by atoms with Gasteiger partial charge in [0.2, 0.25) is 15.8 Å². The zero-order valence-electron chi connectivity index (χ0n) is 17.2. The van der Waals surface area contributed by atoms with E-state index >= 15 is 0 Å². The summed E-state index contributed by atoms with van der Waals surface area (Å²) in [5, 5.41) is 3.90. The molecule has 0 unspecified atom stereocenters. The number of hydrogen-bond donors (Lipinski definition) is 0. The number of aryl methyl sites for hydroxylation is 1. The van der Waals surface area contributed by atoms with E-state index < -0.39 is 10.0 Å². The number of piperidine rings is 1. The van der Waals surface area contributed by atoms with Crippen molar-refractivity contribution < 1.29 is 22.5 Å². The van der Waals surface area contributed by atoms with Crippen LogP contribution >= 0.6 is 0 Å². The van der Waals surface area contributed by atoms with Crippen molar-refractivity contribution in [1.82, 2.24) is 19.3 Å². The Morgan fingerprint density at radius 2 is 1.83 bits per heavy atom. The van der Waals surface area contributed by atoms with Gasteiger partial charge in [-0.25, -0.2) is 8.42 Å². The van der Waals surface area contributed by atoms with Gasteiger partial charge in [-0.2, -0.15) is 9.29 Å². The Morgan fingerprint density at radius 1 is 1.13 bits per heavy atom. The number of morpholine rings is 1. The first-order valence-corrected chi connectivity index (χ1v) is 11.6. The van der Waals surface area contributed by atoms with Crippen molar-refractivity contribution in [2.24, 2.45) is 5.92 Å². The normalized spacial score (nSPS) is 19.2. The molecule has 0 N–H and O–H groups in total. The fourth-order valence-corrected chi connectivity index (χ4v) is 5.43. The number of amides is 1. The molecule has 0 radical (unpaired) electrons. The number of ether oxygens (including phenoxy) is 1. The molecule has 0 spiro atoms. The lowest BCUT2D eigenvalue weighted by Crippen LogP contribution is -2.40. The lowest BCUT2D eigenvalue weighted by molar-refractivity contribution is 0.0272. The molecule has 0 atom stereocenters. The van der Waals surface area contributed by atoms with E-state index in [1.807, 2.05) is 0 Å². The van der Waals surface area contributed by atoms with Gasteiger partial charge in [-0.3, -0.25) is 4.79 Å². The minimum Gasteiger partial charge on any atom is -0.378 e. The minimum atomic E-state index is -3.62. The van der Waals surface area contributed by atoms with Crippen LogP contribution in [-0.2, 0) is 14.8 Å². The molecule has 3 heterocycles. The van der Waals surface area contributed by atoms with Gasteiger partial charge in [0.05, 0.1) is 18.1 Å². The second kappa shape index (κ2) is 8.44. The number of hydrogen-bond acceptors (Lipinski definition) is 7. The highest BCUT2D eigenvalue weighted by molar-refractivity contribution is 7.89. The second-order valence-corrected chi connectivity index (χ2v) is 9.80. The number of benzene rings is 1. The zero-order valence-corrected chi connectivity index (χ0v) is 18.0. The molecular weight excluding hydrogens is 408 g/mol. The van der Waals surface area contributed by atoms with Gasteiger partial charge in [0.1, 0.15) is 0 Å². The summed E-state index contributed by atoms with van der Waals surface area (Å²) in [7, 11) is -3.62. The van der Waals surface area contributed by atoms with Crippen molar-refractivity contribution in [1.29, 1.82) is 0 Å². The first kappa shape index (κ1) is 21.0. The summed E-state index contributed by atoms with van der Waals surface area (Å²) in [6.07, 6.45) is 1.71. The molecule has 1 amide bonds. The van der Waals surface area contributed by atoms with Crippen LogP contribution in [0.1, 0.15) is 36.0 Å². The summed E-state index contributed by atoms with van der Waals surface area (Å²) < 4.78 is 38.4. The zero-order chi connectivity index (χ0) is 21.3. The van der Waals surface area contributed by atoms with Crippen LogP contribution < -0.4 is 0 Å². The molecule has 1 aromatic carbocycles. The van der Waals surface area contributed by atoms with Crippen molar-refractivity contribution >= 4 is 15.9 Å². The molecule has 0 saturated carbocycles. The van der Waals surface area contributed by atoms with Crippen LogP contribution in [0.5, 0.6) is 0 Å². The van der Waals surface area contributed by atoms with E-state index in [2.05, 4.69) is 17.1 Å². The average Bonchev–Trinajstić information content (AvgIpc) is 3.24. The molecule has 4 rings (SSSR count). The SMILES string of the molecule is Cc1ccc(-c2noc(C(=O)N3CCOCC3)n2)cc1S(=O)(=O)N1CCC(C)CC1. The Labute approximate surface area is 176 Å². The average molecular weight is 435 g/mol. The lowest BCUT2D eigenvalue weighted by atomic mass is 10.0. The van der Waals surface area contributed by atoms with Gasteiger partial charge in [-0.1, -0.05) is 24.2 Å². The molecule has 1 aromatic heterocycles. The van der Waals surface area contributed by atoms with E-state index in [1.54, 1.807) is 34.3 Å². The Bertz CT molecular complexity index is 1020. The Morgan fingerprint density at radius 3 is 2.53 bits per heavy atom. The van der Waals surface area contributed by atoms with Crippen molar-refractivity contribution in [2.45, 2.75) is 31.6 Å². The van der Waals surface area contributed by atoms with Crippen molar-refractivity contribution in [3.63, 3.8) is 0 Å². The summed E-state index contributed by atoms with van der Waals surface area (Å²) in [4.78, 5) is 18.6. The smallest absolute Gasteiger partial charge is 0.316 e. The summed E-state index contributed by atoms with van der Waals surface area (Å²) in [6, 6.07) is 5.03. The van der Waals surface area contributed by atoms with Gasteiger partial charge < -0.3 is 14.2 Å². The number of sulfonamides is 1. The molecule has 30 heavy (non-hydrogen) atoms. The van der Waals surface area contributed by atoms with Gasteiger partial charge in [-0.05, 0) is 37.3 Å². The Balaban J connectivity index is 1.59. The van der Waals surface area contributed by atoms with Gasteiger partial charge in [-0.15, -0.1) is 0 Å². The molecule has 162 valence electrons. The lowest BCUT2D eigenvalue weighted by Gasteiger charge is -2.30. The fraction of sp³-hybridized carbons (Fsp3) is 0.550. The van der Waals surface area contributed by atoms with E-state index in [9.17, 15) is 13.2 Å². The predicted molar refractivity (Wildman–Crippen MR) is 108 cm³/mol. The van der Waals surface area contributed by atoms with Crippen LogP contribution in [0.4, 0.5) is 0 Å². The maximum absolute atomic E-state index is 13.2. The van der Waals surface area contributed by atoms with Crippen LogP contribution in [-0.4, -0.2) is 73.1 Å². The molecule has 2 aromatic rings. The molecule has 0 bridgehead atoms. The van der Waals surface area contributed by atoms with E-state index in [-0.39, 0.29) is 22.5 Å². The number of carbonyl (C=O) groups excluding carboxylic acids is 1. The second-order valence-electron chi connectivity index (χ2n) is 7.89. The van der Waals surface area contributed by atoms with Gasteiger partial charge >= 0.3 is 11.8 Å². The molecular formula is C20H26N4O5S. The van der Waals surface area contributed by atoms with Crippen LogP contribution in [0.25, 0.3) is 11.4 Å². The van der Waals surface area contributed by atoms with Crippen LogP contribution in [0, 0.1) is 12.8 Å². The molecule has 10 heteroatoms.